The summed E-state index contributed by atoms with van der Waals surface area (Å²) in [6.45, 7) is 8.97. The predicted molar refractivity (Wildman–Crippen MR) is 92.3 cm³/mol. The minimum absolute atomic E-state index is 0.0578. The first kappa shape index (κ1) is 15.6. The van der Waals surface area contributed by atoms with Crippen molar-refractivity contribution in [3.05, 3.63) is 70.0 Å². The first-order valence-corrected chi connectivity index (χ1v) is 8.77. The van der Waals surface area contributed by atoms with Crippen LogP contribution in [-0.2, 0) is 16.4 Å². The van der Waals surface area contributed by atoms with Gasteiger partial charge in [-0.1, -0.05) is 29.8 Å². The van der Waals surface area contributed by atoms with Gasteiger partial charge in [-0.3, -0.25) is 4.72 Å². The molecular weight excluding hydrogens is 332 g/mol. The molecule has 0 amide bonds. The maximum absolute atomic E-state index is 12.6. The smallest absolute Gasteiger partial charge is 0.260 e. The SMILES string of the molecule is [C-]#[N+]c1cccc(S(=O)(=O)Nc2cc(Cl)cc3c2CC=C3C)c1. The lowest BCUT2D eigenvalue weighted by atomic mass is 10.1. The van der Waals surface area contributed by atoms with Crippen LogP contribution in [0.1, 0.15) is 18.1 Å². The maximum atomic E-state index is 12.6. The number of fused-ring (bicyclic) bond motifs is 1. The van der Waals surface area contributed by atoms with Crippen molar-refractivity contribution in [1.29, 1.82) is 0 Å². The topological polar surface area (TPSA) is 50.5 Å². The van der Waals surface area contributed by atoms with E-state index in [0.29, 0.717) is 17.1 Å². The molecule has 0 unspecified atom stereocenters. The Morgan fingerprint density at radius 2 is 2.04 bits per heavy atom. The van der Waals surface area contributed by atoms with Crippen LogP contribution in [0.5, 0.6) is 0 Å². The van der Waals surface area contributed by atoms with Crippen LogP contribution in [0.3, 0.4) is 0 Å². The minimum Gasteiger partial charge on any atom is -0.279 e. The first-order valence-electron chi connectivity index (χ1n) is 6.90. The van der Waals surface area contributed by atoms with Gasteiger partial charge in [0.05, 0.1) is 17.2 Å². The van der Waals surface area contributed by atoms with Gasteiger partial charge in [0.25, 0.3) is 10.0 Å². The molecular formula is C17H13ClN2O2S. The average molecular weight is 345 g/mol. The van der Waals surface area contributed by atoms with E-state index in [2.05, 4.69) is 9.57 Å². The van der Waals surface area contributed by atoms with Crippen LogP contribution in [0.2, 0.25) is 5.02 Å². The molecule has 23 heavy (non-hydrogen) atoms. The van der Waals surface area contributed by atoms with E-state index in [0.717, 1.165) is 16.7 Å². The summed E-state index contributed by atoms with van der Waals surface area (Å²) >= 11 is 6.11. The van der Waals surface area contributed by atoms with Crippen molar-refractivity contribution < 1.29 is 8.42 Å². The molecule has 1 N–H and O–H groups in total. The number of benzene rings is 2. The highest BCUT2D eigenvalue weighted by atomic mass is 35.5. The third-order valence-corrected chi connectivity index (χ3v) is 5.33. The van der Waals surface area contributed by atoms with Gasteiger partial charge in [-0.2, -0.15) is 0 Å². The zero-order valence-electron chi connectivity index (χ0n) is 12.3. The Hall–Kier alpha value is -2.29. The summed E-state index contributed by atoms with van der Waals surface area (Å²) in [5, 5.41) is 0.478. The van der Waals surface area contributed by atoms with Crippen LogP contribution in [0.25, 0.3) is 10.4 Å². The lowest BCUT2D eigenvalue weighted by Gasteiger charge is -2.14. The van der Waals surface area contributed by atoms with Gasteiger partial charge >= 0.3 is 0 Å². The van der Waals surface area contributed by atoms with Crippen molar-refractivity contribution >= 4 is 38.6 Å². The highest BCUT2D eigenvalue weighted by Crippen LogP contribution is 2.36. The lowest BCUT2D eigenvalue weighted by Crippen LogP contribution is -2.14. The van der Waals surface area contributed by atoms with Gasteiger partial charge in [-0.25, -0.2) is 13.3 Å². The molecule has 1 aliphatic rings. The Bertz CT molecular complexity index is 973. The summed E-state index contributed by atoms with van der Waals surface area (Å²) < 4.78 is 27.8. The number of nitrogens with one attached hydrogen (secondary N) is 1. The predicted octanol–water partition coefficient (Wildman–Crippen LogP) is 4.65. The molecule has 2 aromatic rings. The Labute approximate surface area is 140 Å². The van der Waals surface area contributed by atoms with Crippen LogP contribution >= 0.6 is 11.6 Å². The summed E-state index contributed by atoms with van der Waals surface area (Å²) in [7, 11) is -3.78. The quantitative estimate of drug-likeness (QED) is 0.824. The molecule has 2 aromatic carbocycles. The second kappa shape index (κ2) is 5.73. The fourth-order valence-electron chi connectivity index (χ4n) is 2.59. The van der Waals surface area contributed by atoms with Gasteiger partial charge < -0.3 is 0 Å². The van der Waals surface area contributed by atoms with E-state index >= 15 is 0 Å². The average Bonchev–Trinajstić information content (AvgIpc) is 2.88. The summed E-state index contributed by atoms with van der Waals surface area (Å²) in [5.41, 5.74) is 3.72. The number of halogens is 1. The zero-order valence-corrected chi connectivity index (χ0v) is 13.9. The molecule has 116 valence electrons. The van der Waals surface area contributed by atoms with E-state index in [1.807, 2.05) is 19.1 Å². The summed E-state index contributed by atoms with van der Waals surface area (Å²) in [4.78, 5) is 3.32. The van der Waals surface area contributed by atoms with Crippen LogP contribution in [-0.4, -0.2) is 8.42 Å². The van der Waals surface area contributed by atoms with E-state index in [9.17, 15) is 8.42 Å². The van der Waals surface area contributed by atoms with Gasteiger partial charge in [-0.15, -0.1) is 0 Å². The third-order valence-electron chi connectivity index (χ3n) is 3.75. The van der Waals surface area contributed by atoms with Gasteiger partial charge in [0.15, 0.2) is 5.69 Å². The van der Waals surface area contributed by atoms with Gasteiger partial charge in [-0.05, 0) is 54.3 Å². The number of rotatable bonds is 3. The highest BCUT2D eigenvalue weighted by molar-refractivity contribution is 7.92. The van der Waals surface area contributed by atoms with Crippen molar-refractivity contribution in [3.8, 4) is 0 Å². The summed E-state index contributed by atoms with van der Waals surface area (Å²) in [6.07, 6.45) is 2.71. The number of allylic oxidation sites excluding steroid dienone is 2. The van der Waals surface area contributed by atoms with E-state index < -0.39 is 10.0 Å². The lowest BCUT2D eigenvalue weighted by molar-refractivity contribution is 0.601. The maximum Gasteiger partial charge on any atom is 0.260 e. The Balaban J connectivity index is 2.03. The Morgan fingerprint density at radius 1 is 1.26 bits per heavy atom. The fourth-order valence-corrected chi connectivity index (χ4v) is 3.93. The molecule has 0 atom stereocenters. The van der Waals surface area contributed by atoms with Crippen molar-refractivity contribution in [2.45, 2.75) is 18.2 Å². The monoisotopic (exact) mass is 344 g/mol. The number of nitrogens with zero attached hydrogens (tertiary/aromatic N) is 1. The van der Waals surface area contributed by atoms with Crippen molar-refractivity contribution in [2.75, 3.05) is 4.72 Å². The molecule has 0 bridgehead atoms. The first-order chi connectivity index (χ1) is 10.9. The van der Waals surface area contributed by atoms with Crippen LogP contribution in [0.15, 0.2) is 47.4 Å². The van der Waals surface area contributed by atoms with Crippen molar-refractivity contribution in [3.63, 3.8) is 0 Å². The molecule has 0 saturated carbocycles. The van der Waals surface area contributed by atoms with Crippen LogP contribution < -0.4 is 4.72 Å². The number of hydrogen-bond donors (Lipinski definition) is 1. The van der Waals surface area contributed by atoms with Crippen LogP contribution in [0.4, 0.5) is 11.4 Å². The van der Waals surface area contributed by atoms with E-state index in [4.69, 9.17) is 18.2 Å². The number of hydrogen-bond acceptors (Lipinski definition) is 2. The zero-order chi connectivity index (χ0) is 16.6. The molecule has 0 fully saturated rings. The van der Waals surface area contributed by atoms with Crippen molar-refractivity contribution in [2.24, 2.45) is 0 Å². The highest BCUT2D eigenvalue weighted by Gasteiger charge is 2.21. The molecule has 0 heterocycles. The summed E-state index contributed by atoms with van der Waals surface area (Å²) in [5.74, 6) is 0. The van der Waals surface area contributed by atoms with E-state index in [1.54, 1.807) is 18.2 Å². The normalized spacial score (nSPS) is 13.2. The molecule has 0 aromatic heterocycles. The Kier molecular flexibility index (Phi) is 3.88. The largest absolute Gasteiger partial charge is 0.279 e. The van der Waals surface area contributed by atoms with Crippen molar-refractivity contribution in [1.82, 2.24) is 0 Å². The van der Waals surface area contributed by atoms with E-state index in [-0.39, 0.29) is 10.6 Å². The number of sulfonamides is 1. The summed E-state index contributed by atoms with van der Waals surface area (Å²) in [6, 6.07) is 9.39. The van der Waals surface area contributed by atoms with Gasteiger partial charge in [0.1, 0.15) is 0 Å². The van der Waals surface area contributed by atoms with Gasteiger partial charge in [0.2, 0.25) is 0 Å². The third kappa shape index (κ3) is 2.96. The second-order valence-electron chi connectivity index (χ2n) is 5.29. The van der Waals surface area contributed by atoms with E-state index in [1.165, 1.54) is 12.1 Å². The second-order valence-corrected chi connectivity index (χ2v) is 7.40. The molecule has 1 aliphatic carbocycles. The minimum atomic E-state index is -3.78. The molecule has 6 heteroatoms. The Morgan fingerprint density at radius 3 is 2.78 bits per heavy atom. The molecule has 0 aliphatic heterocycles. The number of anilines is 1. The molecule has 4 nitrogen and oxygen atoms in total. The molecule has 0 spiro atoms. The fraction of sp³-hybridized carbons (Fsp3) is 0.118. The standard InChI is InChI=1S/C17H13ClN2O2S/c1-11-6-7-15-16(11)8-12(18)9-17(15)20-23(21,22)14-5-3-4-13(10-14)19-2/h3-6,8-10,20H,7H2,1H3. The molecule has 0 radical (unpaired) electrons. The van der Waals surface area contributed by atoms with Gasteiger partial charge in [0, 0.05) is 5.02 Å². The molecule has 3 rings (SSSR count). The van der Waals surface area contributed by atoms with Crippen LogP contribution in [0, 0.1) is 6.57 Å². The molecule has 0 saturated heterocycles.